The fourth-order valence-electron chi connectivity index (χ4n) is 4.53. The van der Waals surface area contributed by atoms with Crippen LogP contribution in [0.3, 0.4) is 0 Å². The topological polar surface area (TPSA) is 60.9 Å². The van der Waals surface area contributed by atoms with Crippen LogP contribution in [0.5, 0.6) is 0 Å². The van der Waals surface area contributed by atoms with E-state index in [1.54, 1.807) is 0 Å². The van der Waals surface area contributed by atoms with Gasteiger partial charge >= 0.3 is 12.0 Å². The number of carboxylic acids is 1. The highest BCUT2D eigenvalue weighted by Crippen LogP contribution is 2.36. The van der Waals surface area contributed by atoms with Crippen molar-refractivity contribution in [2.45, 2.75) is 69.9 Å². The molecule has 118 valence electrons. The Morgan fingerprint density at radius 2 is 1.57 bits per heavy atom. The lowest BCUT2D eigenvalue weighted by molar-refractivity contribution is -0.138. The van der Waals surface area contributed by atoms with Crippen molar-refractivity contribution < 1.29 is 14.7 Å². The fourth-order valence-corrected chi connectivity index (χ4v) is 4.53. The smallest absolute Gasteiger partial charge is 0.320 e. The van der Waals surface area contributed by atoms with Crippen LogP contribution in [0.2, 0.25) is 0 Å². The number of amides is 2. The number of fused-ring (bicyclic) bond motifs is 1. The first-order chi connectivity index (χ1) is 10.2. The Kier molecular flexibility index (Phi) is 4.36. The van der Waals surface area contributed by atoms with Crippen LogP contribution in [0.4, 0.5) is 4.79 Å². The number of nitrogens with zero attached hydrogens (tertiary/aromatic N) is 2. The van der Waals surface area contributed by atoms with Crippen LogP contribution in [0.25, 0.3) is 0 Å². The van der Waals surface area contributed by atoms with Crippen molar-refractivity contribution >= 4 is 12.0 Å². The molecule has 21 heavy (non-hydrogen) atoms. The molecule has 1 saturated carbocycles. The van der Waals surface area contributed by atoms with Crippen molar-refractivity contribution in [2.75, 3.05) is 13.1 Å². The van der Waals surface area contributed by atoms with Crippen LogP contribution in [0.1, 0.15) is 57.8 Å². The molecule has 2 saturated heterocycles. The SMILES string of the molecule is O=C(O)CC1CCCN1C(=O)N1CCC[C@H]2CCCC[C@H]21. The molecular weight excluding hydrogens is 268 g/mol. The van der Waals surface area contributed by atoms with Crippen molar-refractivity contribution in [1.82, 2.24) is 9.80 Å². The molecule has 2 heterocycles. The van der Waals surface area contributed by atoms with Gasteiger partial charge in [0.05, 0.1) is 6.42 Å². The number of hydrogen-bond donors (Lipinski definition) is 1. The average molecular weight is 294 g/mol. The molecule has 0 aromatic rings. The molecule has 0 spiro atoms. The van der Waals surface area contributed by atoms with E-state index in [4.69, 9.17) is 5.11 Å². The molecule has 2 aliphatic heterocycles. The predicted octanol–water partition coefficient (Wildman–Crippen LogP) is 2.70. The van der Waals surface area contributed by atoms with Crippen LogP contribution in [0, 0.1) is 5.92 Å². The van der Waals surface area contributed by atoms with E-state index in [0.29, 0.717) is 12.0 Å². The number of rotatable bonds is 2. The molecule has 1 aliphatic carbocycles. The Bertz CT molecular complexity index is 410. The van der Waals surface area contributed by atoms with E-state index in [2.05, 4.69) is 4.90 Å². The quantitative estimate of drug-likeness (QED) is 0.851. The van der Waals surface area contributed by atoms with Crippen molar-refractivity contribution in [3.05, 3.63) is 0 Å². The molecule has 3 atom stereocenters. The van der Waals surface area contributed by atoms with Gasteiger partial charge < -0.3 is 14.9 Å². The summed E-state index contributed by atoms with van der Waals surface area (Å²) in [6.45, 7) is 1.58. The van der Waals surface area contributed by atoms with Crippen LogP contribution < -0.4 is 0 Å². The van der Waals surface area contributed by atoms with Crippen LogP contribution in [0.15, 0.2) is 0 Å². The van der Waals surface area contributed by atoms with Gasteiger partial charge in [0.25, 0.3) is 0 Å². The zero-order valence-corrected chi connectivity index (χ0v) is 12.7. The van der Waals surface area contributed by atoms with Crippen LogP contribution in [-0.2, 0) is 4.79 Å². The maximum atomic E-state index is 12.9. The first kappa shape index (κ1) is 14.7. The van der Waals surface area contributed by atoms with Crippen molar-refractivity contribution in [3.8, 4) is 0 Å². The van der Waals surface area contributed by atoms with Crippen molar-refractivity contribution in [3.63, 3.8) is 0 Å². The van der Waals surface area contributed by atoms with E-state index in [-0.39, 0.29) is 18.5 Å². The van der Waals surface area contributed by atoms with Gasteiger partial charge in [0, 0.05) is 25.2 Å². The average Bonchev–Trinajstić information content (AvgIpc) is 2.93. The van der Waals surface area contributed by atoms with Gasteiger partial charge in [-0.15, -0.1) is 0 Å². The summed E-state index contributed by atoms with van der Waals surface area (Å²) in [5.74, 6) is -0.120. The minimum absolute atomic E-state index is 0.0909. The van der Waals surface area contributed by atoms with Gasteiger partial charge in [-0.25, -0.2) is 4.79 Å². The fraction of sp³-hybridized carbons (Fsp3) is 0.875. The third kappa shape index (κ3) is 3.01. The van der Waals surface area contributed by atoms with Gasteiger partial charge in [-0.1, -0.05) is 12.8 Å². The van der Waals surface area contributed by atoms with Gasteiger partial charge in [-0.3, -0.25) is 4.79 Å². The molecule has 5 heteroatoms. The number of urea groups is 1. The zero-order chi connectivity index (χ0) is 14.8. The highest BCUT2D eigenvalue weighted by Gasteiger charge is 2.40. The van der Waals surface area contributed by atoms with E-state index in [1.807, 2.05) is 4.90 Å². The van der Waals surface area contributed by atoms with E-state index in [0.717, 1.165) is 38.8 Å². The Morgan fingerprint density at radius 3 is 2.38 bits per heavy atom. The molecule has 0 aromatic carbocycles. The summed E-state index contributed by atoms with van der Waals surface area (Å²) in [6, 6.07) is 0.417. The predicted molar refractivity (Wildman–Crippen MR) is 79.1 cm³/mol. The molecule has 3 fully saturated rings. The molecule has 5 nitrogen and oxygen atoms in total. The highest BCUT2D eigenvalue weighted by molar-refractivity contribution is 5.77. The van der Waals surface area contributed by atoms with Crippen LogP contribution in [-0.4, -0.2) is 52.1 Å². The maximum Gasteiger partial charge on any atom is 0.320 e. The largest absolute Gasteiger partial charge is 0.481 e. The van der Waals surface area contributed by atoms with E-state index < -0.39 is 5.97 Å². The molecule has 3 rings (SSSR count). The first-order valence-electron chi connectivity index (χ1n) is 8.46. The van der Waals surface area contributed by atoms with E-state index >= 15 is 0 Å². The van der Waals surface area contributed by atoms with Crippen molar-refractivity contribution in [2.24, 2.45) is 5.92 Å². The van der Waals surface area contributed by atoms with Gasteiger partial charge in [-0.2, -0.15) is 0 Å². The lowest BCUT2D eigenvalue weighted by atomic mass is 9.78. The van der Waals surface area contributed by atoms with E-state index in [9.17, 15) is 9.59 Å². The second-order valence-corrected chi connectivity index (χ2v) is 6.82. The van der Waals surface area contributed by atoms with Crippen LogP contribution >= 0.6 is 0 Å². The maximum absolute atomic E-state index is 12.9. The normalized spacial score (nSPS) is 32.9. The summed E-state index contributed by atoms with van der Waals surface area (Å²) in [5, 5.41) is 9.02. The Balaban J connectivity index is 1.69. The lowest BCUT2D eigenvalue weighted by Crippen LogP contribution is -2.55. The molecule has 0 radical (unpaired) electrons. The molecule has 0 aromatic heterocycles. The monoisotopic (exact) mass is 294 g/mol. The Hall–Kier alpha value is -1.26. The summed E-state index contributed by atoms with van der Waals surface area (Å²) in [7, 11) is 0. The number of piperidine rings is 1. The van der Waals surface area contributed by atoms with E-state index in [1.165, 1.54) is 25.7 Å². The minimum atomic E-state index is -0.797. The molecule has 0 bridgehead atoms. The second-order valence-electron chi connectivity index (χ2n) is 6.82. The Labute approximate surface area is 126 Å². The molecule has 1 N–H and O–H groups in total. The number of hydrogen-bond acceptors (Lipinski definition) is 2. The number of carbonyl (C=O) groups excluding carboxylic acids is 1. The van der Waals surface area contributed by atoms with Gasteiger partial charge in [0.15, 0.2) is 0 Å². The number of likely N-dealkylation sites (tertiary alicyclic amines) is 2. The summed E-state index contributed by atoms with van der Waals surface area (Å²) in [6.07, 6.45) is 9.13. The Morgan fingerprint density at radius 1 is 0.905 bits per heavy atom. The molecule has 2 amide bonds. The lowest BCUT2D eigenvalue weighted by Gasteiger charge is -2.45. The summed E-state index contributed by atoms with van der Waals surface area (Å²) >= 11 is 0. The van der Waals surface area contributed by atoms with Gasteiger partial charge in [0.2, 0.25) is 0 Å². The summed E-state index contributed by atoms with van der Waals surface area (Å²) in [4.78, 5) is 27.8. The summed E-state index contributed by atoms with van der Waals surface area (Å²) in [5.41, 5.74) is 0. The summed E-state index contributed by atoms with van der Waals surface area (Å²) < 4.78 is 0. The number of carboxylic acid groups (broad SMARTS) is 1. The zero-order valence-electron chi connectivity index (χ0n) is 12.7. The minimum Gasteiger partial charge on any atom is -0.481 e. The standard InChI is InChI=1S/C16H26N2O3/c19-15(20)11-13-7-4-9-17(13)16(21)18-10-3-6-12-5-1-2-8-14(12)18/h12-14H,1-11H2,(H,19,20)/t12-,13?,14-/m1/s1. The van der Waals surface area contributed by atoms with Gasteiger partial charge in [-0.05, 0) is 44.4 Å². The molecule has 1 unspecified atom stereocenters. The number of aliphatic carboxylic acids is 1. The molecular formula is C16H26N2O3. The number of carbonyl (C=O) groups is 2. The van der Waals surface area contributed by atoms with Crippen molar-refractivity contribution in [1.29, 1.82) is 0 Å². The highest BCUT2D eigenvalue weighted by atomic mass is 16.4. The third-order valence-electron chi connectivity index (χ3n) is 5.52. The third-order valence-corrected chi connectivity index (χ3v) is 5.52. The first-order valence-corrected chi connectivity index (χ1v) is 8.46. The van der Waals surface area contributed by atoms with Gasteiger partial charge in [0.1, 0.15) is 0 Å². The second kappa shape index (κ2) is 6.24. The molecule has 3 aliphatic rings.